The first kappa shape index (κ1) is 14.3. The summed E-state index contributed by atoms with van der Waals surface area (Å²) >= 11 is 0. The Labute approximate surface area is 118 Å². The maximum Gasteiger partial charge on any atom is 0.303 e. The van der Waals surface area contributed by atoms with Gasteiger partial charge in [0.05, 0.1) is 6.04 Å². The van der Waals surface area contributed by atoms with E-state index in [1.807, 2.05) is 42.5 Å². The predicted molar refractivity (Wildman–Crippen MR) is 76.1 cm³/mol. The SMILES string of the molecule is O=C(O)CCC(NC(=O)C1CC=CC1)c1ccccc1. The highest BCUT2D eigenvalue weighted by Crippen LogP contribution is 2.22. The summed E-state index contributed by atoms with van der Waals surface area (Å²) in [5.41, 5.74) is 0.952. The number of benzene rings is 1. The lowest BCUT2D eigenvalue weighted by molar-refractivity contribution is -0.137. The number of allylic oxidation sites excluding steroid dienone is 2. The van der Waals surface area contributed by atoms with Crippen molar-refractivity contribution in [1.82, 2.24) is 5.32 Å². The molecule has 1 unspecified atom stereocenters. The van der Waals surface area contributed by atoms with Crippen LogP contribution in [0.15, 0.2) is 42.5 Å². The highest BCUT2D eigenvalue weighted by atomic mass is 16.4. The van der Waals surface area contributed by atoms with Crippen LogP contribution in [0.25, 0.3) is 0 Å². The molecule has 0 saturated carbocycles. The molecule has 0 heterocycles. The van der Waals surface area contributed by atoms with Crippen LogP contribution >= 0.6 is 0 Å². The van der Waals surface area contributed by atoms with Crippen LogP contribution in [0, 0.1) is 5.92 Å². The van der Waals surface area contributed by atoms with E-state index in [1.165, 1.54) is 0 Å². The predicted octanol–water partition coefficient (Wildman–Crippen LogP) is 2.67. The molecule has 2 rings (SSSR count). The molecule has 1 atom stereocenters. The van der Waals surface area contributed by atoms with Crippen LogP contribution in [0.1, 0.15) is 37.3 Å². The van der Waals surface area contributed by atoms with Crippen molar-refractivity contribution in [1.29, 1.82) is 0 Å². The smallest absolute Gasteiger partial charge is 0.303 e. The molecule has 4 heteroatoms. The first-order valence-electron chi connectivity index (χ1n) is 6.89. The summed E-state index contributed by atoms with van der Waals surface area (Å²) in [6, 6.07) is 9.29. The van der Waals surface area contributed by atoms with Crippen molar-refractivity contribution in [3.05, 3.63) is 48.0 Å². The molecule has 106 valence electrons. The maximum atomic E-state index is 12.2. The standard InChI is InChI=1S/C16H19NO3/c18-15(19)11-10-14(12-6-2-1-3-7-12)17-16(20)13-8-4-5-9-13/h1-7,13-14H,8-11H2,(H,17,20)(H,18,19). The van der Waals surface area contributed by atoms with Crippen molar-refractivity contribution in [3.8, 4) is 0 Å². The summed E-state index contributed by atoms with van der Waals surface area (Å²) in [5.74, 6) is -0.844. The fraction of sp³-hybridized carbons (Fsp3) is 0.375. The molecule has 0 aliphatic heterocycles. The van der Waals surface area contributed by atoms with Crippen molar-refractivity contribution >= 4 is 11.9 Å². The van der Waals surface area contributed by atoms with E-state index in [0.717, 1.165) is 18.4 Å². The zero-order valence-electron chi connectivity index (χ0n) is 11.3. The quantitative estimate of drug-likeness (QED) is 0.783. The summed E-state index contributed by atoms with van der Waals surface area (Å²) in [6.45, 7) is 0. The van der Waals surface area contributed by atoms with Crippen LogP contribution in [0.2, 0.25) is 0 Å². The third-order valence-corrected chi connectivity index (χ3v) is 3.54. The van der Waals surface area contributed by atoms with Gasteiger partial charge in [-0.3, -0.25) is 9.59 Å². The van der Waals surface area contributed by atoms with Gasteiger partial charge in [0.2, 0.25) is 5.91 Å². The van der Waals surface area contributed by atoms with Crippen molar-refractivity contribution < 1.29 is 14.7 Å². The fourth-order valence-electron chi connectivity index (χ4n) is 2.40. The molecule has 1 aliphatic carbocycles. The lowest BCUT2D eigenvalue weighted by atomic mass is 10.00. The van der Waals surface area contributed by atoms with Gasteiger partial charge >= 0.3 is 5.97 Å². The van der Waals surface area contributed by atoms with Gasteiger partial charge in [-0.05, 0) is 24.8 Å². The van der Waals surface area contributed by atoms with Crippen LogP contribution in [0.5, 0.6) is 0 Å². The molecule has 0 fully saturated rings. The molecule has 0 saturated heterocycles. The summed E-state index contributed by atoms with van der Waals surface area (Å²) in [5, 5.41) is 11.8. The van der Waals surface area contributed by atoms with E-state index in [9.17, 15) is 9.59 Å². The average Bonchev–Trinajstić information content (AvgIpc) is 2.98. The number of rotatable bonds is 6. The molecular weight excluding hydrogens is 254 g/mol. The minimum Gasteiger partial charge on any atom is -0.481 e. The molecular formula is C16H19NO3. The highest BCUT2D eigenvalue weighted by Gasteiger charge is 2.23. The number of hydrogen-bond acceptors (Lipinski definition) is 2. The van der Waals surface area contributed by atoms with E-state index in [1.54, 1.807) is 0 Å². The Morgan fingerprint density at radius 2 is 1.85 bits per heavy atom. The van der Waals surface area contributed by atoms with Gasteiger partial charge in [0.25, 0.3) is 0 Å². The number of aliphatic carboxylic acids is 1. The summed E-state index contributed by atoms with van der Waals surface area (Å²) in [6.07, 6.45) is 6.02. The Bertz CT molecular complexity index is 488. The Balaban J connectivity index is 2.02. The number of amides is 1. The van der Waals surface area contributed by atoms with Crippen LogP contribution in [-0.2, 0) is 9.59 Å². The van der Waals surface area contributed by atoms with Gasteiger partial charge in [-0.15, -0.1) is 0 Å². The summed E-state index contributed by atoms with van der Waals surface area (Å²) in [7, 11) is 0. The first-order chi connectivity index (χ1) is 9.66. The third-order valence-electron chi connectivity index (χ3n) is 3.54. The maximum absolute atomic E-state index is 12.2. The molecule has 1 aliphatic rings. The van der Waals surface area contributed by atoms with E-state index in [-0.39, 0.29) is 24.3 Å². The summed E-state index contributed by atoms with van der Waals surface area (Å²) < 4.78 is 0. The molecule has 0 radical (unpaired) electrons. The monoisotopic (exact) mass is 273 g/mol. The molecule has 2 N–H and O–H groups in total. The molecule has 0 bridgehead atoms. The van der Waals surface area contributed by atoms with Crippen LogP contribution in [-0.4, -0.2) is 17.0 Å². The van der Waals surface area contributed by atoms with E-state index in [4.69, 9.17) is 5.11 Å². The Morgan fingerprint density at radius 3 is 2.45 bits per heavy atom. The van der Waals surface area contributed by atoms with Crippen molar-refractivity contribution in [2.75, 3.05) is 0 Å². The zero-order valence-corrected chi connectivity index (χ0v) is 11.3. The van der Waals surface area contributed by atoms with E-state index in [2.05, 4.69) is 5.32 Å². The lowest BCUT2D eigenvalue weighted by Crippen LogP contribution is -2.33. The third kappa shape index (κ3) is 3.95. The summed E-state index contributed by atoms with van der Waals surface area (Å²) in [4.78, 5) is 22.9. The topological polar surface area (TPSA) is 66.4 Å². The number of nitrogens with one attached hydrogen (secondary N) is 1. The number of carbonyl (C=O) groups is 2. The molecule has 0 aromatic heterocycles. The second-order valence-corrected chi connectivity index (χ2v) is 5.04. The Kier molecular flexibility index (Phi) is 4.93. The van der Waals surface area contributed by atoms with Crippen LogP contribution in [0.4, 0.5) is 0 Å². The Morgan fingerprint density at radius 1 is 1.20 bits per heavy atom. The highest BCUT2D eigenvalue weighted by molar-refractivity contribution is 5.80. The van der Waals surface area contributed by atoms with Crippen LogP contribution in [0.3, 0.4) is 0 Å². The largest absolute Gasteiger partial charge is 0.481 e. The first-order valence-corrected chi connectivity index (χ1v) is 6.89. The number of hydrogen-bond donors (Lipinski definition) is 2. The van der Waals surface area contributed by atoms with E-state index < -0.39 is 5.97 Å². The second kappa shape index (κ2) is 6.89. The molecule has 1 aromatic rings. The molecule has 1 amide bonds. The number of carbonyl (C=O) groups excluding carboxylic acids is 1. The fourth-order valence-corrected chi connectivity index (χ4v) is 2.40. The molecule has 1 aromatic carbocycles. The molecule has 0 spiro atoms. The van der Waals surface area contributed by atoms with Gasteiger partial charge in [0.1, 0.15) is 0 Å². The zero-order chi connectivity index (χ0) is 14.4. The Hall–Kier alpha value is -2.10. The normalized spacial score (nSPS) is 16.0. The van der Waals surface area contributed by atoms with Gasteiger partial charge < -0.3 is 10.4 Å². The van der Waals surface area contributed by atoms with Gasteiger partial charge in [-0.25, -0.2) is 0 Å². The van der Waals surface area contributed by atoms with E-state index in [0.29, 0.717) is 6.42 Å². The van der Waals surface area contributed by atoms with Gasteiger partial charge in [0, 0.05) is 12.3 Å². The second-order valence-electron chi connectivity index (χ2n) is 5.04. The van der Waals surface area contributed by atoms with Crippen molar-refractivity contribution in [3.63, 3.8) is 0 Å². The van der Waals surface area contributed by atoms with Crippen LogP contribution < -0.4 is 5.32 Å². The number of carboxylic acid groups (broad SMARTS) is 1. The number of carboxylic acids is 1. The molecule has 4 nitrogen and oxygen atoms in total. The molecule has 20 heavy (non-hydrogen) atoms. The van der Waals surface area contributed by atoms with Gasteiger partial charge in [0.15, 0.2) is 0 Å². The lowest BCUT2D eigenvalue weighted by Gasteiger charge is -2.20. The average molecular weight is 273 g/mol. The minimum absolute atomic E-state index is 0.00830. The minimum atomic E-state index is -0.845. The van der Waals surface area contributed by atoms with E-state index >= 15 is 0 Å². The van der Waals surface area contributed by atoms with Gasteiger partial charge in [-0.2, -0.15) is 0 Å². The van der Waals surface area contributed by atoms with Crippen molar-refractivity contribution in [2.24, 2.45) is 5.92 Å². The van der Waals surface area contributed by atoms with Gasteiger partial charge in [-0.1, -0.05) is 42.5 Å². The van der Waals surface area contributed by atoms with Crippen molar-refractivity contribution in [2.45, 2.75) is 31.7 Å².